The Balaban J connectivity index is 2.03. The van der Waals surface area contributed by atoms with Crippen LogP contribution in [0.2, 0.25) is 0 Å². The molecular formula is C22H24O4S. The minimum Gasteiger partial charge on any atom is -0.460 e. The van der Waals surface area contributed by atoms with Crippen molar-refractivity contribution < 1.29 is 17.9 Å². The van der Waals surface area contributed by atoms with Crippen LogP contribution in [0.3, 0.4) is 0 Å². The molecule has 0 aliphatic rings. The minimum atomic E-state index is -3.55. The van der Waals surface area contributed by atoms with Crippen LogP contribution in [0.1, 0.15) is 43.9 Å². The van der Waals surface area contributed by atoms with E-state index in [-0.39, 0.29) is 17.1 Å². The molecule has 0 heterocycles. The van der Waals surface area contributed by atoms with Gasteiger partial charge in [-0.3, -0.25) is 4.79 Å². The first-order valence-electron chi connectivity index (χ1n) is 8.68. The van der Waals surface area contributed by atoms with Crippen molar-refractivity contribution in [1.82, 2.24) is 0 Å². The molecule has 27 heavy (non-hydrogen) atoms. The lowest BCUT2D eigenvalue weighted by Gasteiger charge is -2.19. The zero-order valence-corrected chi connectivity index (χ0v) is 16.9. The molecule has 0 aliphatic carbocycles. The number of carbonyl (C=O) groups is 1. The molecule has 0 fully saturated rings. The lowest BCUT2D eigenvalue weighted by molar-refractivity contribution is -0.154. The van der Waals surface area contributed by atoms with Crippen LogP contribution in [0.5, 0.6) is 0 Å². The Labute approximate surface area is 161 Å². The molecule has 4 nitrogen and oxygen atoms in total. The number of benzene rings is 2. The monoisotopic (exact) mass is 384 g/mol. The summed E-state index contributed by atoms with van der Waals surface area (Å²) in [5, 5.41) is 0. The van der Waals surface area contributed by atoms with Gasteiger partial charge in [-0.15, -0.1) is 0 Å². The largest absolute Gasteiger partial charge is 0.460 e. The van der Waals surface area contributed by atoms with Crippen LogP contribution in [-0.2, 0) is 19.4 Å². The first kappa shape index (κ1) is 20.7. The van der Waals surface area contributed by atoms with E-state index in [1.165, 1.54) is 17.7 Å². The van der Waals surface area contributed by atoms with Gasteiger partial charge in [0.2, 0.25) is 0 Å². The third kappa shape index (κ3) is 6.92. The molecule has 0 aromatic heterocycles. The van der Waals surface area contributed by atoms with Gasteiger partial charge in [0.15, 0.2) is 9.84 Å². The minimum absolute atomic E-state index is 0.172. The number of rotatable bonds is 4. The van der Waals surface area contributed by atoms with Crippen LogP contribution in [-0.4, -0.2) is 25.7 Å². The lowest BCUT2D eigenvalue weighted by Crippen LogP contribution is -2.25. The van der Waals surface area contributed by atoms with Crippen molar-refractivity contribution >= 4 is 15.8 Å². The summed E-state index contributed by atoms with van der Waals surface area (Å²) >= 11 is 0. The van der Waals surface area contributed by atoms with Crippen LogP contribution in [0.25, 0.3) is 0 Å². The van der Waals surface area contributed by atoms with Gasteiger partial charge in [0.1, 0.15) is 5.60 Å². The highest BCUT2D eigenvalue weighted by Crippen LogP contribution is 2.15. The van der Waals surface area contributed by atoms with Gasteiger partial charge in [-0.05, 0) is 64.1 Å². The molecule has 0 N–H and O–H groups in total. The van der Waals surface area contributed by atoms with E-state index >= 15 is 0 Å². The summed E-state index contributed by atoms with van der Waals surface area (Å²) in [6, 6.07) is 14.2. The van der Waals surface area contributed by atoms with Crippen LogP contribution in [0, 0.1) is 18.8 Å². The molecule has 0 radical (unpaired) electrons. The molecule has 0 bridgehead atoms. The van der Waals surface area contributed by atoms with E-state index in [1.54, 1.807) is 32.9 Å². The summed E-state index contributed by atoms with van der Waals surface area (Å²) < 4.78 is 29.9. The van der Waals surface area contributed by atoms with Gasteiger partial charge < -0.3 is 4.74 Å². The molecule has 142 valence electrons. The van der Waals surface area contributed by atoms with Gasteiger partial charge >= 0.3 is 5.97 Å². The molecule has 2 aromatic rings. The summed E-state index contributed by atoms with van der Waals surface area (Å²) in [4.78, 5) is 11.9. The Kier molecular flexibility index (Phi) is 6.45. The molecule has 0 amide bonds. The molecule has 5 heteroatoms. The van der Waals surface area contributed by atoms with E-state index in [0.29, 0.717) is 0 Å². The number of aryl methyl sites for hydroxylation is 1. The molecule has 2 aromatic carbocycles. The average molecular weight is 384 g/mol. The van der Waals surface area contributed by atoms with Gasteiger partial charge in [0.05, 0.1) is 17.1 Å². The number of ether oxygens (including phenoxy) is 1. The SMILES string of the molecule is Cc1ccc(C#Cc2ccc(S(=O)(=O)CCC(=O)OC(C)(C)C)cc2)cc1. The van der Waals surface area contributed by atoms with Crippen molar-refractivity contribution in [2.75, 3.05) is 5.75 Å². The summed E-state index contributed by atoms with van der Waals surface area (Å²) in [7, 11) is -3.55. The quantitative estimate of drug-likeness (QED) is 0.592. The van der Waals surface area contributed by atoms with Gasteiger partial charge in [-0.25, -0.2) is 8.42 Å². The summed E-state index contributed by atoms with van der Waals surface area (Å²) in [6.07, 6.45) is -0.172. The van der Waals surface area contributed by atoms with Crippen LogP contribution < -0.4 is 0 Å². The number of sulfone groups is 1. The third-order valence-corrected chi connectivity index (χ3v) is 5.34. The van der Waals surface area contributed by atoms with E-state index in [0.717, 1.165) is 11.1 Å². The molecule has 2 rings (SSSR count). The molecule has 0 saturated heterocycles. The smallest absolute Gasteiger partial charge is 0.307 e. The second kappa shape index (κ2) is 8.41. The molecule has 0 spiro atoms. The van der Waals surface area contributed by atoms with E-state index < -0.39 is 21.4 Å². The number of carbonyl (C=O) groups excluding carboxylic acids is 1. The molecular weight excluding hydrogens is 360 g/mol. The standard InChI is InChI=1S/C22H24O4S/c1-17-5-7-18(8-6-17)9-10-19-11-13-20(14-12-19)27(24,25)16-15-21(23)26-22(2,3)4/h5-8,11-14H,15-16H2,1-4H3. The highest BCUT2D eigenvalue weighted by molar-refractivity contribution is 7.91. The Morgan fingerprint density at radius 3 is 1.89 bits per heavy atom. The highest BCUT2D eigenvalue weighted by Gasteiger charge is 2.20. The van der Waals surface area contributed by atoms with Gasteiger partial charge in [0.25, 0.3) is 0 Å². The van der Waals surface area contributed by atoms with Gasteiger partial charge in [-0.1, -0.05) is 29.5 Å². The normalized spacial score (nSPS) is 11.4. The number of hydrogen-bond acceptors (Lipinski definition) is 4. The first-order valence-corrected chi connectivity index (χ1v) is 10.3. The Hall–Kier alpha value is -2.58. The van der Waals surface area contributed by atoms with Gasteiger partial charge in [0, 0.05) is 11.1 Å². The Morgan fingerprint density at radius 2 is 1.41 bits per heavy atom. The second-order valence-corrected chi connectivity index (χ2v) is 9.40. The predicted octanol–water partition coefficient (Wildman–Crippen LogP) is 3.90. The molecule has 0 unspecified atom stereocenters. The lowest BCUT2D eigenvalue weighted by atomic mass is 10.1. The zero-order chi connectivity index (χ0) is 20.1. The number of esters is 1. The van der Waals surface area contributed by atoms with Gasteiger partial charge in [-0.2, -0.15) is 0 Å². The second-order valence-electron chi connectivity index (χ2n) is 7.30. The van der Waals surface area contributed by atoms with Crippen LogP contribution in [0.15, 0.2) is 53.4 Å². The van der Waals surface area contributed by atoms with Crippen molar-refractivity contribution in [3.8, 4) is 11.8 Å². The topological polar surface area (TPSA) is 60.4 Å². The van der Waals surface area contributed by atoms with Crippen molar-refractivity contribution in [3.05, 3.63) is 65.2 Å². The van der Waals surface area contributed by atoms with E-state index in [4.69, 9.17) is 4.74 Å². The number of hydrogen-bond donors (Lipinski definition) is 0. The van der Waals surface area contributed by atoms with Crippen molar-refractivity contribution in [2.24, 2.45) is 0 Å². The van der Waals surface area contributed by atoms with E-state index in [1.807, 2.05) is 31.2 Å². The molecule has 0 aliphatic heterocycles. The maximum atomic E-state index is 12.4. The fraction of sp³-hybridized carbons (Fsp3) is 0.318. The summed E-state index contributed by atoms with van der Waals surface area (Å²) in [6.45, 7) is 7.25. The highest BCUT2D eigenvalue weighted by atomic mass is 32.2. The fourth-order valence-electron chi connectivity index (χ4n) is 2.25. The summed E-state index contributed by atoms with van der Waals surface area (Å²) in [5.74, 6) is 5.26. The fourth-order valence-corrected chi connectivity index (χ4v) is 3.48. The summed E-state index contributed by atoms with van der Waals surface area (Å²) in [5.41, 5.74) is 2.16. The van der Waals surface area contributed by atoms with Crippen molar-refractivity contribution in [3.63, 3.8) is 0 Å². The van der Waals surface area contributed by atoms with Crippen molar-refractivity contribution in [1.29, 1.82) is 0 Å². The Bertz CT molecular complexity index is 952. The molecule has 0 saturated carbocycles. The average Bonchev–Trinajstić information content (AvgIpc) is 2.59. The van der Waals surface area contributed by atoms with E-state index in [2.05, 4.69) is 11.8 Å². The van der Waals surface area contributed by atoms with E-state index in [9.17, 15) is 13.2 Å². The first-order chi connectivity index (χ1) is 12.5. The van der Waals surface area contributed by atoms with Crippen LogP contribution >= 0.6 is 0 Å². The third-order valence-electron chi connectivity index (χ3n) is 3.61. The maximum absolute atomic E-state index is 12.4. The molecule has 0 atom stereocenters. The predicted molar refractivity (Wildman–Crippen MR) is 106 cm³/mol. The zero-order valence-electron chi connectivity index (χ0n) is 16.1. The van der Waals surface area contributed by atoms with Crippen molar-refractivity contribution in [2.45, 2.75) is 44.6 Å². The van der Waals surface area contributed by atoms with Crippen LogP contribution in [0.4, 0.5) is 0 Å². The maximum Gasteiger partial charge on any atom is 0.307 e. The Morgan fingerprint density at radius 1 is 0.926 bits per heavy atom.